The molecule has 13 heavy (non-hydrogen) atoms. The average Bonchev–Trinajstić information content (AvgIpc) is 2.59. The number of thiophene rings is 1. The molecule has 0 spiro atoms. The molecule has 0 aliphatic heterocycles. The maximum atomic E-state index is 9.25. The molecule has 1 heterocycles. The first-order valence-corrected chi connectivity index (χ1v) is 4.57. The monoisotopic (exact) mass is 200 g/mol. The SMILES string of the molecule is C=CC(=O)O.OCCc1cccs1. The first kappa shape index (κ1) is 11.9. The van der Waals surface area contributed by atoms with Crippen LogP contribution in [0.3, 0.4) is 0 Å². The van der Waals surface area contributed by atoms with Crippen molar-refractivity contribution in [2.45, 2.75) is 6.42 Å². The van der Waals surface area contributed by atoms with E-state index in [1.165, 1.54) is 4.88 Å². The van der Waals surface area contributed by atoms with Crippen molar-refractivity contribution in [3.8, 4) is 0 Å². The first-order valence-electron chi connectivity index (χ1n) is 3.69. The smallest absolute Gasteiger partial charge is 0.327 e. The van der Waals surface area contributed by atoms with Gasteiger partial charge in [-0.25, -0.2) is 4.79 Å². The molecule has 0 aliphatic carbocycles. The van der Waals surface area contributed by atoms with Crippen LogP contribution in [0.15, 0.2) is 30.2 Å². The summed E-state index contributed by atoms with van der Waals surface area (Å²) in [6.07, 6.45) is 1.64. The van der Waals surface area contributed by atoms with Gasteiger partial charge in [-0.3, -0.25) is 0 Å². The van der Waals surface area contributed by atoms with Gasteiger partial charge < -0.3 is 10.2 Å². The summed E-state index contributed by atoms with van der Waals surface area (Å²) in [6.45, 7) is 3.23. The highest BCUT2D eigenvalue weighted by Gasteiger charge is 1.87. The fourth-order valence-electron chi connectivity index (χ4n) is 0.565. The van der Waals surface area contributed by atoms with Gasteiger partial charge in [-0.15, -0.1) is 11.3 Å². The van der Waals surface area contributed by atoms with Gasteiger partial charge in [0.2, 0.25) is 0 Å². The van der Waals surface area contributed by atoms with Crippen molar-refractivity contribution in [2.24, 2.45) is 0 Å². The minimum absolute atomic E-state index is 0.264. The van der Waals surface area contributed by atoms with Gasteiger partial charge >= 0.3 is 5.97 Å². The number of aliphatic carboxylic acids is 1. The zero-order valence-electron chi connectivity index (χ0n) is 7.14. The maximum absolute atomic E-state index is 9.25. The summed E-state index contributed by atoms with van der Waals surface area (Å²) in [7, 11) is 0. The normalized spacial score (nSPS) is 8.38. The summed E-state index contributed by atoms with van der Waals surface area (Å²) in [4.78, 5) is 10.5. The molecule has 1 aromatic heterocycles. The molecule has 0 aliphatic rings. The predicted octanol–water partition coefficient (Wildman–Crippen LogP) is 1.54. The number of carboxylic acid groups (broad SMARTS) is 1. The van der Waals surface area contributed by atoms with Crippen molar-refractivity contribution in [3.05, 3.63) is 35.0 Å². The van der Waals surface area contributed by atoms with Crippen molar-refractivity contribution in [1.29, 1.82) is 0 Å². The Morgan fingerprint density at radius 1 is 1.69 bits per heavy atom. The summed E-state index contributed by atoms with van der Waals surface area (Å²) in [5.74, 6) is -0.981. The van der Waals surface area contributed by atoms with E-state index in [-0.39, 0.29) is 6.61 Å². The van der Waals surface area contributed by atoms with E-state index >= 15 is 0 Å². The van der Waals surface area contributed by atoms with Gasteiger partial charge in [0.1, 0.15) is 0 Å². The largest absolute Gasteiger partial charge is 0.478 e. The Hall–Kier alpha value is -1.13. The number of hydrogen-bond donors (Lipinski definition) is 2. The van der Waals surface area contributed by atoms with Crippen LogP contribution in [0.25, 0.3) is 0 Å². The van der Waals surface area contributed by atoms with Gasteiger partial charge in [-0.05, 0) is 11.4 Å². The molecule has 4 heteroatoms. The van der Waals surface area contributed by atoms with E-state index in [2.05, 4.69) is 6.58 Å². The van der Waals surface area contributed by atoms with Gasteiger partial charge in [0.15, 0.2) is 0 Å². The number of aliphatic hydroxyl groups is 1. The molecule has 0 saturated carbocycles. The maximum Gasteiger partial charge on any atom is 0.327 e. The molecule has 0 amide bonds. The molecule has 0 aromatic carbocycles. The molecule has 3 nitrogen and oxygen atoms in total. The van der Waals surface area contributed by atoms with Gasteiger partial charge in [0.25, 0.3) is 0 Å². The van der Waals surface area contributed by atoms with Crippen LogP contribution in [-0.2, 0) is 11.2 Å². The Labute approximate surface area is 81.0 Å². The van der Waals surface area contributed by atoms with Gasteiger partial charge in [0, 0.05) is 24.0 Å². The Bertz CT molecular complexity index is 241. The highest BCUT2D eigenvalue weighted by molar-refractivity contribution is 7.09. The standard InChI is InChI=1S/C6H8OS.C3H4O2/c7-4-3-6-2-1-5-8-6;1-2-3(4)5/h1-2,5,7H,3-4H2;2H,1H2,(H,4,5). The van der Waals surface area contributed by atoms with E-state index in [4.69, 9.17) is 10.2 Å². The van der Waals surface area contributed by atoms with Crippen LogP contribution < -0.4 is 0 Å². The van der Waals surface area contributed by atoms with Crippen LogP contribution in [0.2, 0.25) is 0 Å². The number of hydrogen-bond acceptors (Lipinski definition) is 3. The Kier molecular flexibility index (Phi) is 6.86. The zero-order valence-corrected chi connectivity index (χ0v) is 7.96. The fourth-order valence-corrected chi connectivity index (χ4v) is 1.26. The van der Waals surface area contributed by atoms with Crippen LogP contribution in [0.4, 0.5) is 0 Å². The summed E-state index contributed by atoms with van der Waals surface area (Å²) in [5.41, 5.74) is 0. The Morgan fingerprint density at radius 3 is 2.62 bits per heavy atom. The molecule has 0 fully saturated rings. The van der Waals surface area contributed by atoms with Crippen molar-refractivity contribution in [1.82, 2.24) is 0 Å². The number of aliphatic hydroxyl groups excluding tert-OH is 1. The van der Waals surface area contributed by atoms with E-state index in [0.29, 0.717) is 0 Å². The first-order chi connectivity index (χ1) is 6.20. The molecule has 0 atom stereocenters. The molecule has 2 N–H and O–H groups in total. The van der Waals surface area contributed by atoms with Gasteiger partial charge in [0.05, 0.1) is 0 Å². The van der Waals surface area contributed by atoms with Crippen LogP contribution in [0.1, 0.15) is 4.88 Å². The lowest BCUT2D eigenvalue weighted by Crippen LogP contribution is -1.84. The molecular formula is C9H12O3S. The zero-order chi connectivity index (χ0) is 10.1. The van der Waals surface area contributed by atoms with E-state index < -0.39 is 5.97 Å². The summed E-state index contributed by atoms with van der Waals surface area (Å²) in [5, 5.41) is 18.1. The molecule has 0 radical (unpaired) electrons. The lowest BCUT2D eigenvalue weighted by Gasteiger charge is -1.85. The number of carbonyl (C=O) groups is 1. The van der Waals surface area contributed by atoms with Gasteiger partial charge in [-0.1, -0.05) is 12.6 Å². The second-order valence-electron chi connectivity index (χ2n) is 2.10. The third kappa shape index (κ3) is 7.24. The van der Waals surface area contributed by atoms with Gasteiger partial charge in [-0.2, -0.15) is 0 Å². The molecule has 0 unspecified atom stereocenters. The van der Waals surface area contributed by atoms with Crippen molar-refractivity contribution >= 4 is 17.3 Å². The van der Waals surface area contributed by atoms with Crippen LogP contribution in [-0.4, -0.2) is 22.8 Å². The number of rotatable bonds is 3. The Balaban J connectivity index is 0.000000252. The number of carboxylic acids is 1. The van der Waals surface area contributed by atoms with Crippen molar-refractivity contribution in [3.63, 3.8) is 0 Å². The highest BCUT2D eigenvalue weighted by atomic mass is 32.1. The van der Waals surface area contributed by atoms with E-state index in [1.807, 2.05) is 17.5 Å². The van der Waals surface area contributed by atoms with E-state index in [1.54, 1.807) is 11.3 Å². The molecular weight excluding hydrogens is 188 g/mol. The van der Waals surface area contributed by atoms with E-state index in [9.17, 15) is 4.79 Å². The summed E-state index contributed by atoms with van der Waals surface area (Å²) < 4.78 is 0. The second kappa shape index (κ2) is 7.52. The third-order valence-corrected chi connectivity index (χ3v) is 2.05. The minimum Gasteiger partial charge on any atom is -0.478 e. The van der Waals surface area contributed by atoms with Crippen LogP contribution in [0, 0.1) is 0 Å². The van der Waals surface area contributed by atoms with Crippen molar-refractivity contribution in [2.75, 3.05) is 6.61 Å². The summed E-state index contributed by atoms with van der Waals surface area (Å²) >= 11 is 1.69. The topological polar surface area (TPSA) is 57.5 Å². The lowest BCUT2D eigenvalue weighted by atomic mass is 10.4. The highest BCUT2D eigenvalue weighted by Crippen LogP contribution is 2.07. The molecule has 1 rings (SSSR count). The Morgan fingerprint density at radius 2 is 2.31 bits per heavy atom. The lowest BCUT2D eigenvalue weighted by molar-refractivity contribution is -0.131. The molecule has 0 bridgehead atoms. The molecule has 0 saturated heterocycles. The fraction of sp³-hybridized carbons (Fsp3) is 0.222. The molecule has 1 aromatic rings. The van der Waals surface area contributed by atoms with E-state index in [0.717, 1.165) is 12.5 Å². The molecule has 72 valence electrons. The second-order valence-corrected chi connectivity index (χ2v) is 3.13. The minimum atomic E-state index is -0.981. The predicted molar refractivity (Wildman–Crippen MR) is 52.9 cm³/mol. The van der Waals surface area contributed by atoms with Crippen LogP contribution in [0.5, 0.6) is 0 Å². The summed E-state index contributed by atoms with van der Waals surface area (Å²) in [6, 6.07) is 4.02. The third-order valence-electron chi connectivity index (χ3n) is 1.11. The van der Waals surface area contributed by atoms with Crippen molar-refractivity contribution < 1.29 is 15.0 Å². The quantitative estimate of drug-likeness (QED) is 0.728. The van der Waals surface area contributed by atoms with Crippen LogP contribution >= 0.6 is 11.3 Å². The average molecular weight is 200 g/mol.